The fourth-order valence-corrected chi connectivity index (χ4v) is 9.51. The molecule has 0 N–H and O–H groups in total. The maximum absolute atomic E-state index is 6.82. The van der Waals surface area contributed by atoms with Crippen molar-refractivity contribution in [3.8, 4) is 0 Å². The molecule has 4 aliphatic carbocycles. The summed E-state index contributed by atoms with van der Waals surface area (Å²) < 4.78 is 19.2. The Morgan fingerprint density at radius 2 is 2.10 bits per heavy atom. The van der Waals surface area contributed by atoms with Gasteiger partial charge >= 0.3 is 8.80 Å². The quantitative estimate of drug-likeness (QED) is 0.749. The van der Waals surface area contributed by atoms with Crippen molar-refractivity contribution in [3.63, 3.8) is 0 Å². The maximum atomic E-state index is 6.82. The molecule has 0 bridgehead atoms. The summed E-state index contributed by atoms with van der Waals surface area (Å²) in [6, 6.07) is 0.994. The second-order valence-corrected chi connectivity index (χ2v) is 10.7. The van der Waals surface area contributed by atoms with Gasteiger partial charge in [-0.2, -0.15) is 0 Å². The minimum Gasteiger partial charge on any atom is -0.377 e. The Bertz CT molecular complexity index is 457. The SMILES string of the molecule is CCC[Si]1(OC)OC2CCC(C)C3C4C5CC5C4C23O1. The summed E-state index contributed by atoms with van der Waals surface area (Å²) in [7, 11) is -0.565. The number of hydrogen-bond donors (Lipinski definition) is 0. The highest BCUT2D eigenvalue weighted by atomic mass is 28.4. The van der Waals surface area contributed by atoms with E-state index in [1.165, 1.54) is 19.3 Å². The molecule has 4 heteroatoms. The number of fused-ring (bicyclic) bond motifs is 5. The average Bonchev–Trinajstić information content (AvgIpc) is 2.96. The zero-order valence-corrected chi connectivity index (χ0v) is 13.8. The van der Waals surface area contributed by atoms with E-state index in [2.05, 4.69) is 13.8 Å². The Morgan fingerprint density at radius 1 is 1.25 bits per heavy atom. The molecule has 0 aromatic rings. The molecule has 4 saturated carbocycles. The van der Waals surface area contributed by atoms with Crippen LogP contribution in [0.3, 0.4) is 0 Å². The van der Waals surface area contributed by atoms with E-state index < -0.39 is 8.80 Å². The van der Waals surface area contributed by atoms with Crippen LogP contribution in [0, 0.1) is 35.5 Å². The maximum Gasteiger partial charge on any atom is 0.501 e. The summed E-state index contributed by atoms with van der Waals surface area (Å²) in [5.41, 5.74) is 0.0808. The van der Waals surface area contributed by atoms with Gasteiger partial charge in [-0.15, -0.1) is 0 Å². The molecule has 5 aliphatic rings. The van der Waals surface area contributed by atoms with E-state index in [1.807, 2.05) is 7.11 Å². The van der Waals surface area contributed by atoms with E-state index in [0.29, 0.717) is 6.10 Å². The molecule has 1 aliphatic heterocycles. The third-order valence-electron chi connectivity index (χ3n) is 7.24. The normalized spacial score (nSPS) is 65.2. The van der Waals surface area contributed by atoms with Gasteiger partial charge in [-0.1, -0.05) is 20.3 Å². The van der Waals surface area contributed by atoms with Gasteiger partial charge in [-0.05, 0) is 54.8 Å². The van der Waals surface area contributed by atoms with E-state index in [0.717, 1.165) is 48.0 Å². The van der Waals surface area contributed by atoms with Crippen LogP contribution in [-0.4, -0.2) is 27.6 Å². The van der Waals surface area contributed by atoms with E-state index in [1.54, 1.807) is 0 Å². The van der Waals surface area contributed by atoms with Crippen molar-refractivity contribution in [3.05, 3.63) is 0 Å². The Balaban J connectivity index is 1.52. The van der Waals surface area contributed by atoms with Gasteiger partial charge in [-0.25, -0.2) is 0 Å². The monoisotopic (exact) mass is 294 g/mol. The summed E-state index contributed by atoms with van der Waals surface area (Å²) in [5, 5.41) is 0. The highest BCUT2D eigenvalue weighted by Gasteiger charge is 2.86. The van der Waals surface area contributed by atoms with Gasteiger partial charge in [0.25, 0.3) is 0 Å². The van der Waals surface area contributed by atoms with Gasteiger partial charge in [0.2, 0.25) is 0 Å². The van der Waals surface area contributed by atoms with Crippen LogP contribution in [-0.2, 0) is 13.3 Å². The highest BCUT2D eigenvalue weighted by molar-refractivity contribution is 6.61. The average molecular weight is 294 g/mol. The molecular formula is C16H26O3Si. The molecule has 0 aromatic carbocycles. The van der Waals surface area contributed by atoms with E-state index in [-0.39, 0.29) is 5.60 Å². The predicted octanol–water partition coefficient (Wildman–Crippen LogP) is 3.08. The minimum absolute atomic E-state index is 0.0808. The Kier molecular flexibility index (Phi) is 2.34. The van der Waals surface area contributed by atoms with Crippen molar-refractivity contribution >= 4 is 8.80 Å². The number of hydrogen-bond acceptors (Lipinski definition) is 3. The molecule has 9 unspecified atom stereocenters. The summed E-state index contributed by atoms with van der Waals surface area (Å²) in [6.45, 7) is 4.66. The van der Waals surface area contributed by atoms with E-state index in [9.17, 15) is 0 Å². The molecule has 9 atom stereocenters. The summed E-state index contributed by atoms with van der Waals surface area (Å²) in [6.07, 6.45) is 5.45. The van der Waals surface area contributed by atoms with Crippen molar-refractivity contribution < 1.29 is 13.3 Å². The largest absolute Gasteiger partial charge is 0.501 e. The molecule has 3 nitrogen and oxygen atoms in total. The predicted molar refractivity (Wildman–Crippen MR) is 77.0 cm³/mol. The molecule has 0 radical (unpaired) electrons. The Labute approximate surface area is 122 Å². The van der Waals surface area contributed by atoms with Gasteiger partial charge < -0.3 is 13.3 Å². The molecule has 0 aromatic heterocycles. The minimum atomic E-state index is -2.38. The fourth-order valence-electron chi connectivity index (χ4n) is 6.57. The van der Waals surface area contributed by atoms with Gasteiger partial charge in [0.05, 0.1) is 11.7 Å². The van der Waals surface area contributed by atoms with Crippen molar-refractivity contribution in [2.45, 2.75) is 57.3 Å². The lowest BCUT2D eigenvalue weighted by Gasteiger charge is -2.70. The molecule has 0 amide bonds. The first-order valence-corrected chi connectivity index (χ1v) is 10.5. The van der Waals surface area contributed by atoms with Crippen molar-refractivity contribution in [1.29, 1.82) is 0 Å². The van der Waals surface area contributed by atoms with Crippen molar-refractivity contribution in [1.82, 2.24) is 0 Å². The molecule has 1 saturated heterocycles. The summed E-state index contributed by atoms with van der Waals surface area (Å²) in [5.74, 6) is 5.44. The van der Waals surface area contributed by atoms with Gasteiger partial charge in [0.15, 0.2) is 0 Å². The van der Waals surface area contributed by atoms with Crippen LogP contribution in [0.2, 0.25) is 6.04 Å². The molecule has 5 rings (SSSR count). The van der Waals surface area contributed by atoms with E-state index in [4.69, 9.17) is 13.3 Å². The molecular weight excluding hydrogens is 268 g/mol. The molecule has 5 fully saturated rings. The molecule has 1 heterocycles. The topological polar surface area (TPSA) is 27.7 Å². The summed E-state index contributed by atoms with van der Waals surface area (Å²) in [4.78, 5) is 0. The van der Waals surface area contributed by atoms with Gasteiger partial charge in [0.1, 0.15) is 0 Å². The molecule has 20 heavy (non-hydrogen) atoms. The number of rotatable bonds is 3. The second kappa shape index (κ2) is 3.70. The van der Waals surface area contributed by atoms with Crippen LogP contribution in [0.5, 0.6) is 0 Å². The van der Waals surface area contributed by atoms with Crippen LogP contribution in [0.1, 0.15) is 39.5 Å². The third kappa shape index (κ3) is 1.17. The lowest BCUT2D eigenvalue weighted by molar-refractivity contribution is -0.278. The lowest BCUT2D eigenvalue weighted by Crippen LogP contribution is -2.75. The first-order chi connectivity index (χ1) is 9.67. The van der Waals surface area contributed by atoms with Crippen LogP contribution in [0.4, 0.5) is 0 Å². The standard InChI is InChI=1S/C16H26O3Si/c1-4-7-20(17-3)18-12-6-5-9(2)14-13-10-8-11(10)15(13)16(12,14)19-20/h9-15H,4-8H2,1-3H3. The van der Waals surface area contributed by atoms with E-state index >= 15 is 0 Å². The molecule has 1 spiro atoms. The molecule has 112 valence electrons. The Morgan fingerprint density at radius 3 is 2.85 bits per heavy atom. The third-order valence-corrected chi connectivity index (χ3v) is 10.3. The van der Waals surface area contributed by atoms with Crippen LogP contribution in [0.15, 0.2) is 0 Å². The lowest BCUT2D eigenvalue weighted by atomic mass is 9.38. The van der Waals surface area contributed by atoms with Crippen LogP contribution >= 0.6 is 0 Å². The Hall–Kier alpha value is 0.0969. The first-order valence-electron chi connectivity index (χ1n) is 8.60. The van der Waals surface area contributed by atoms with Gasteiger partial charge in [-0.3, -0.25) is 0 Å². The van der Waals surface area contributed by atoms with Crippen LogP contribution < -0.4 is 0 Å². The first kappa shape index (κ1) is 12.6. The second-order valence-electron chi connectivity index (χ2n) is 7.95. The van der Waals surface area contributed by atoms with Crippen molar-refractivity contribution in [2.24, 2.45) is 35.5 Å². The van der Waals surface area contributed by atoms with Crippen LogP contribution in [0.25, 0.3) is 0 Å². The summed E-state index contributed by atoms with van der Waals surface area (Å²) >= 11 is 0. The smallest absolute Gasteiger partial charge is 0.377 e. The fraction of sp³-hybridized carbons (Fsp3) is 1.00. The highest BCUT2D eigenvalue weighted by Crippen LogP contribution is 2.82. The van der Waals surface area contributed by atoms with Gasteiger partial charge in [0, 0.05) is 13.2 Å². The zero-order chi connectivity index (χ0) is 13.7. The van der Waals surface area contributed by atoms with Crippen molar-refractivity contribution in [2.75, 3.05) is 7.11 Å². The zero-order valence-electron chi connectivity index (χ0n) is 12.8.